The van der Waals surface area contributed by atoms with E-state index in [9.17, 15) is 0 Å². The zero-order chi connectivity index (χ0) is 15.1. The zero-order valence-electron chi connectivity index (χ0n) is 13.1. The van der Waals surface area contributed by atoms with Crippen molar-refractivity contribution < 1.29 is 0 Å². The molecule has 0 aliphatic heterocycles. The molecular formula is C18H20N4. The van der Waals surface area contributed by atoms with Crippen molar-refractivity contribution in [3.05, 3.63) is 52.8 Å². The Morgan fingerprint density at radius 2 is 2.00 bits per heavy atom. The van der Waals surface area contributed by atoms with Crippen LogP contribution in [-0.4, -0.2) is 14.8 Å². The average molecular weight is 292 g/mol. The van der Waals surface area contributed by atoms with E-state index in [1.807, 2.05) is 24.1 Å². The molecule has 2 aromatic heterocycles. The maximum Gasteiger partial charge on any atom is 0.127 e. The number of aryl methyl sites for hydroxylation is 4. The highest BCUT2D eigenvalue weighted by Crippen LogP contribution is 2.29. The fourth-order valence-electron chi connectivity index (χ4n) is 3.31. The molecule has 1 aromatic carbocycles. The van der Waals surface area contributed by atoms with Crippen molar-refractivity contribution in [2.75, 3.05) is 5.32 Å². The first kappa shape index (κ1) is 13.3. The molecule has 0 atom stereocenters. The third-order valence-corrected chi connectivity index (χ3v) is 4.46. The van der Waals surface area contributed by atoms with E-state index < -0.39 is 0 Å². The summed E-state index contributed by atoms with van der Waals surface area (Å²) in [6.45, 7) is 2.91. The molecule has 0 radical (unpaired) electrons. The SMILES string of the molecule is Cc1cc(NCc2cnn(C)c2)nc2cc3c(cc12)CCC3. The molecule has 0 spiro atoms. The number of pyridine rings is 1. The van der Waals surface area contributed by atoms with E-state index in [-0.39, 0.29) is 0 Å². The van der Waals surface area contributed by atoms with Gasteiger partial charge in [0.1, 0.15) is 5.82 Å². The third-order valence-electron chi connectivity index (χ3n) is 4.46. The minimum Gasteiger partial charge on any atom is -0.366 e. The first-order valence-corrected chi connectivity index (χ1v) is 7.83. The second-order valence-corrected chi connectivity index (χ2v) is 6.19. The van der Waals surface area contributed by atoms with Crippen LogP contribution < -0.4 is 5.32 Å². The molecule has 1 aliphatic rings. The Morgan fingerprint density at radius 3 is 2.77 bits per heavy atom. The quantitative estimate of drug-likeness (QED) is 0.804. The number of aromatic nitrogens is 3. The van der Waals surface area contributed by atoms with Gasteiger partial charge >= 0.3 is 0 Å². The summed E-state index contributed by atoms with van der Waals surface area (Å²) in [4.78, 5) is 4.80. The van der Waals surface area contributed by atoms with Crippen LogP contribution in [0.25, 0.3) is 10.9 Å². The predicted octanol–water partition coefficient (Wildman–Crippen LogP) is 3.38. The lowest BCUT2D eigenvalue weighted by molar-refractivity contribution is 0.767. The van der Waals surface area contributed by atoms with Crippen LogP contribution in [0.4, 0.5) is 5.82 Å². The van der Waals surface area contributed by atoms with E-state index in [0.29, 0.717) is 0 Å². The van der Waals surface area contributed by atoms with Gasteiger partial charge in [-0.25, -0.2) is 4.98 Å². The van der Waals surface area contributed by atoms with E-state index in [2.05, 4.69) is 35.5 Å². The van der Waals surface area contributed by atoms with E-state index in [1.54, 1.807) is 0 Å². The lowest BCUT2D eigenvalue weighted by atomic mass is 10.0. The van der Waals surface area contributed by atoms with Gasteiger partial charge in [-0.15, -0.1) is 0 Å². The van der Waals surface area contributed by atoms with Crippen LogP contribution in [0.15, 0.2) is 30.6 Å². The second-order valence-electron chi connectivity index (χ2n) is 6.19. The molecule has 0 amide bonds. The van der Waals surface area contributed by atoms with Gasteiger partial charge in [-0.2, -0.15) is 5.10 Å². The van der Waals surface area contributed by atoms with Gasteiger partial charge in [0, 0.05) is 30.7 Å². The number of anilines is 1. The van der Waals surface area contributed by atoms with E-state index in [4.69, 9.17) is 4.98 Å². The zero-order valence-corrected chi connectivity index (χ0v) is 13.1. The van der Waals surface area contributed by atoms with Gasteiger partial charge in [0.15, 0.2) is 0 Å². The summed E-state index contributed by atoms with van der Waals surface area (Å²) in [5, 5.41) is 8.89. The molecule has 0 bridgehead atoms. The molecule has 1 N–H and O–H groups in total. The van der Waals surface area contributed by atoms with Gasteiger partial charge in [0.05, 0.1) is 11.7 Å². The van der Waals surface area contributed by atoms with Gasteiger partial charge < -0.3 is 5.32 Å². The van der Waals surface area contributed by atoms with E-state index >= 15 is 0 Å². The lowest BCUT2D eigenvalue weighted by Crippen LogP contribution is -2.02. The maximum atomic E-state index is 4.80. The Bertz CT molecular complexity index is 848. The Balaban J connectivity index is 1.65. The molecule has 1 aliphatic carbocycles. The molecule has 0 saturated heterocycles. The molecule has 4 rings (SSSR count). The van der Waals surface area contributed by atoms with Crippen LogP contribution in [0, 0.1) is 6.92 Å². The van der Waals surface area contributed by atoms with E-state index in [0.717, 1.165) is 23.4 Å². The summed E-state index contributed by atoms with van der Waals surface area (Å²) in [7, 11) is 1.93. The topological polar surface area (TPSA) is 42.7 Å². The van der Waals surface area contributed by atoms with Crippen LogP contribution in [0.3, 0.4) is 0 Å². The number of rotatable bonds is 3. The van der Waals surface area contributed by atoms with Crippen molar-refractivity contribution in [1.29, 1.82) is 0 Å². The highest BCUT2D eigenvalue weighted by molar-refractivity contribution is 5.85. The van der Waals surface area contributed by atoms with Crippen LogP contribution in [0.5, 0.6) is 0 Å². The fourth-order valence-corrected chi connectivity index (χ4v) is 3.31. The molecule has 22 heavy (non-hydrogen) atoms. The Labute approximate surface area is 130 Å². The minimum absolute atomic E-state index is 0.747. The Hall–Kier alpha value is -2.36. The number of nitrogens with zero attached hydrogens (tertiary/aromatic N) is 3. The molecule has 0 unspecified atom stereocenters. The smallest absolute Gasteiger partial charge is 0.127 e. The molecule has 0 saturated carbocycles. The van der Waals surface area contributed by atoms with Gasteiger partial charge in [0.2, 0.25) is 0 Å². The lowest BCUT2D eigenvalue weighted by Gasteiger charge is -2.10. The summed E-state index contributed by atoms with van der Waals surface area (Å²) in [5.74, 6) is 0.937. The highest BCUT2D eigenvalue weighted by Gasteiger charge is 2.13. The van der Waals surface area contributed by atoms with Gasteiger partial charge in [-0.1, -0.05) is 0 Å². The Morgan fingerprint density at radius 1 is 1.18 bits per heavy atom. The number of hydrogen-bond acceptors (Lipinski definition) is 3. The molecular weight excluding hydrogens is 272 g/mol. The minimum atomic E-state index is 0.747. The summed E-state index contributed by atoms with van der Waals surface area (Å²) in [6.07, 6.45) is 7.59. The van der Waals surface area contributed by atoms with Crippen molar-refractivity contribution in [3.63, 3.8) is 0 Å². The van der Waals surface area contributed by atoms with Crippen LogP contribution in [0.2, 0.25) is 0 Å². The number of fused-ring (bicyclic) bond motifs is 2. The molecule has 0 fully saturated rings. The standard InChI is InChI=1S/C18H20N4/c1-12-6-18(19-9-13-10-20-22(2)11-13)21-17-8-15-5-3-4-14(15)7-16(12)17/h6-8,10-11H,3-5,9H2,1-2H3,(H,19,21). The largest absolute Gasteiger partial charge is 0.366 e. The molecule has 112 valence electrons. The summed E-state index contributed by atoms with van der Waals surface area (Å²) in [6, 6.07) is 6.75. The molecule has 3 aromatic rings. The first-order valence-electron chi connectivity index (χ1n) is 7.83. The fraction of sp³-hybridized carbons (Fsp3) is 0.333. The maximum absolute atomic E-state index is 4.80. The molecule has 2 heterocycles. The second kappa shape index (κ2) is 5.13. The summed E-state index contributed by atoms with van der Waals surface area (Å²) < 4.78 is 1.82. The summed E-state index contributed by atoms with van der Waals surface area (Å²) in [5.41, 5.74) is 6.54. The summed E-state index contributed by atoms with van der Waals surface area (Å²) >= 11 is 0. The van der Waals surface area contributed by atoms with Crippen molar-refractivity contribution in [2.24, 2.45) is 7.05 Å². The monoisotopic (exact) mass is 292 g/mol. The van der Waals surface area contributed by atoms with Crippen molar-refractivity contribution in [2.45, 2.75) is 32.7 Å². The van der Waals surface area contributed by atoms with Crippen molar-refractivity contribution >= 4 is 16.7 Å². The third kappa shape index (κ3) is 2.34. The highest BCUT2D eigenvalue weighted by atomic mass is 15.2. The predicted molar refractivity (Wildman–Crippen MR) is 89.0 cm³/mol. The van der Waals surface area contributed by atoms with E-state index in [1.165, 1.54) is 41.3 Å². The number of benzene rings is 1. The van der Waals surface area contributed by atoms with Crippen LogP contribution in [-0.2, 0) is 26.4 Å². The normalized spacial score (nSPS) is 13.5. The van der Waals surface area contributed by atoms with Crippen LogP contribution >= 0.6 is 0 Å². The van der Waals surface area contributed by atoms with Gasteiger partial charge in [-0.05, 0) is 61.1 Å². The van der Waals surface area contributed by atoms with Gasteiger partial charge in [-0.3, -0.25) is 4.68 Å². The Kier molecular flexibility index (Phi) is 3.10. The average Bonchev–Trinajstić information content (AvgIpc) is 3.11. The first-order chi connectivity index (χ1) is 10.7. The van der Waals surface area contributed by atoms with Crippen molar-refractivity contribution in [3.8, 4) is 0 Å². The number of nitrogens with one attached hydrogen (secondary N) is 1. The van der Waals surface area contributed by atoms with Crippen molar-refractivity contribution in [1.82, 2.24) is 14.8 Å². The number of hydrogen-bond donors (Lipinski definition) is 1. The molecule has 4 heteroatoms. The molecule has 4 nitrogen and oxygen atoms in total. The van der Waals surface area contributed by atoms with Crippen LogP contribution in [0.1, 0.15) is 28.7 Å². The van der Waals surface area contributed by atoms with Gasteiger partial charge in [0.25, 0.3) is 0 Å².